The lowest BCUT2D eigenvalue weighted by Gasteiger charge is -2.16. The Balaban J connectivity index is 1.47. The average molecular weight is 502 g/mol. The second-order valence-corrected chi connectivity index (χ2v) is 8.88. The lowest BCUT2D eigenvalue weighted by Crippen LogP contribution is -2.21. The number of benzene rings is 2. The van der Waals surface area contributed by atoms with Gasteiger partial charge in [-0.05, 0) is 56.3 Å². The van der Waals surface area contributed by atoms with Gasteiger partial charge in [0.05, 0.1) is 22.8 Å². The molecule has 178 valence electrons. The second-order valence-electron chi connectivity index (χ2n) is 8.06. The Bertz CT molecular complexity index is 1190. The van der Waals surface area contributed by atoms with E-state index >= 15 is 0 Å². The minimum atomic E-state index is -0.492. The van der Waals surface area contributed by atoms with Crippen molar-refractivity contribution in [2.45, 2.75) is 19.4 Å². The van der Waals surface area contributed by atoms with Gasteiger partial charge in [0, 0.05) is 25.0 Å². The summed E-state index contributed by atoms with van der Waals surface area (Å²) in [5.74, 6) is 0.762. The van der Waals surface area contributed by atoms with Gasteiger partial charge in [-0.2, -0.15) is 4.98 Å². The number of hydrogen-bond acceptors (Lipinski definition) is 7. The van der Waals surface area contributed by atoms with Crippen molar-refractivity contribution in [2.75, 3.05) is 37.9 Å². The summed E-state index contributed by atoms with van der Waals surface area (Å²) >= 11 is 12.3. The molecule has 4 rings (SSSR count). The Kier molecular flexibility index (Phi) is 7.41. The number of rotatable bonds is 7. The monoisotopic (exact) mass is 501 g/mol. The molecule has 1 saturated heterocycles. The van der Waals surface area contributed by atoms with E-state index in [0.717, 1.165) is 36.5 Å². The summed E-state index contributed by atoms with van der Waals surface area (Å²) in [6, 6.07) is 10.8. The fourth-order valence-corrected chi connectivity index (χ4v) is 4.19. The summed E-state index contributed by atoms with van der Waals surface area (Å²) in [6.45, 7) is 3.96. The van der Waals surface area contributed by atoms with Crippen LogP contribution in [-0.4, -0.2) is 54.1 Å². The highest BCUT2D eigenvalue weighted by Crippen LogP contribution is 2.31. The highest BCUT2D eigenvalue weighted by Gasteiger charge is 2.22. The molecule has 0 saturated carbocycles. The fourth-order valence-electron chi connectivity index (χ4n) is 3.69. The van der Waals surface area contributed by atoms with Crippen LogP contribution in [-0.2, 0) is 0 Å². The van der Waals surface area contributed by atoms with Crippen LogP contribution >= 0.6 is 23.2 Å². The van der Waals surface area contributed by atoms with Gasteiger partial charge in [0.25, 0.3) is 5.91 Å². The molecule has 0 unspecified atom stereocenters. The number of anilines is 3. The molecule has 2 aromatic carbocycles. The topological polar surface area (TPSA) is 88.6 Å². The number of para-hydroxylation sites is 1. The number of carbonyl (C=O) groups is 1. The van der Waals surface area contributed by atoms with Crippen molar-refractivity contribution in [3.05, 3.63) is 63.8 Å². The number of ether oxygens (including phenoxy) is 2. The predicted octanol–water partition coefficient (Wildman–Crippen LogP) is 5.18. The molecule has 8 nitrogen and oxygen atoms in total. The minimum Gasteiger partial charge on any atom is -0.489 e. The number of carbonyl (C=O) groups excluding carboxylic acids is 1. The number of methoxy groups -OCH3 is 1. The molecule has 1 amide bonds. The molecule has 34 heavy (non-hydrogen) atoms. The summed E-state index contributed by atoms with van der Waals surface area (Å²) in [4.78, 5) is 23.6. The van der Waals surface area contributed by atoms with Crippen LogP contribution < -0.4 is 20.1 Å². The van der Waals surface area contributed by atoms with Gasteiger partial charge in [-0.1, -0.05) is 29.3 Å². The first kappa shape index (κ1) is 24.1. The summed E-state index contributed by atoms with van der Waals surface area (Å²) in [5.41, 5.74) is 2.24. The van der Waals surface area contributed by atoms with E-state index in [-0.39, 0.29) is 23.5 Å². The number of nitrogens with zero attached hydrogens (tertiary/aromatic N) is 3. The Morgan fingerprint density at radius 3 is 2.62 bits per heavy atom. The van der Waals surface area contributed by atoms with Gasteiger partial charge < -0.3 is 25.0 Å². The highest BCUT2D eigenvalue weighted by molar-refractivity contribution is 6.40. The zero-order valence-corrected chi connectivity index (χ0v) is 20.6. The summed E-state index contributed by atoms with van der Waals surface area (Å²) in [7, 11) is 3.53. The van der Waals surface area contributed by atoms with Gasteiger partial charge in [-0.25, -0.2) is 4.98 Å². The molecule has 2 N–H and O–H groups in total. The molecule has 0 bridgehead atoms. The molecule has 1 aliphatic rings. The normalized spacial score (nSPS) is 15.7. The van der Waals surface area contributed by atoms with E-state index in [1.165, 1.54) is 13.3 Å². The van der Waals surface area contributed by atoms with Crippen molar-refractivity contribution in [1.29, 1.82) is 0 Å². The number of halogens is 2. The molecule has 1 fully saturated rings. The zero-order chi connectivity index (χ0) is 24.2. The molecule has 1 atom stereocenters. The number of aromatic nitrogens is 2. The van der Waals surface area contributed by atoms with E-state index in [1.54, 1.807) is 18.2 Å². The largest absolute Gasteiger partial charge is 0.489 e. The van der Waals surface area contributed by atoms with Crippen LogP contribution in [0.4, 0.5) is 17.3 Å². The molecule has 3 aromatic rings. The molecule has 10 heteroatoms. The van der Waals surface area contributed by atoms with Gasteiger partial charge in [-0.15, -0.1) is 0 Å². The van der Waals surface area contributed by atoms with Gasteiger partial charge in [-0.3, -0.25) is 4.79 Å². The second kappa shape index (κ2) is 10.5. The third-order valence-corrected chi connectivity index (χ3v) is 6.10. The van der Waals surface area contributed by atoms with Crippen molar-refractivity contribution in [2.24, 2.45) is 0 Å². The lowest BCUT2D eigenvalue weighted by molar-refractivity contribution is 0.102. The number of likely N-dealkylation sites (tertiary alicyclic amines) is 1. The van der Waals surface area contributed by atoms with Crippen molar-refractivity contribution >= 4 is 46.4 Å². The first-order valence-corrected chi connectivity index (χ1v) is 11.5. The first-order chi connectivity index (χ1) is 16.3. The molecule has 0 spiro atoms. The van der Waals surface area contributed by atoms with Crippen LogP contribution in [0.1, 0.15) is 22.3 Å². The van der Waals surface area contributed by atoms with E-state index in [1.807, 2.05) is 25.1 Å². The van der Waals surface area contributed by atoms with Crippen LogP contribution in [0.2, 0.25) is 10.0 Å². The summed E-state index contributed by atoms with van der Waals surface area (Å²) in [6.07, 6.45) is 2.61. The molecule has 1 aromatic heterocycles. The van der Waals surface area contributed by atoms with E-state index in [0.29, 0.717) is 15.7 Å². The molecular weight excluding hydrogens is 477 g/mol. The minimum absolute atomic E-state index is 0.111. The molecule has 1 aliphatic heterocycles. The molecule has 2 heterocycles. The lowest BCUT2D eigenvalue weighted by atomic mass is 10.2. The SMILES string of the molecule is COc1nc(Nc2ccc(O[C@H]3CCN(C)C3)c(C)c2)ncc1C(=O)Nc1c(Cl)cccc1Cl. The van der Waals surface area contributed by atoms with Gasteiger partial charge >= 0.3 is 0 Å². The quantitative estimate of drug-likeness (QED) is 0.460. The predicted molar refractivity (Wildman–Crippen MR) is 134 cm³/mol. The molecule has 0 radical (unpaired) electrons. The standard InChI is InChI=1S/C24H25Cl2N5O3/c1-14-11-15(7-8-20(14)34-16-9-10-31(2)13-16)28-24-27-12-17(23(30-24)33-3)22(32)29-21-18(25)5-4-6-19(21)26/h4-8,11-12,16H,9-10,13H2,1-3H3,(H,29,32)(H,27,28,30)/t16-/m0/s1. The summed E-state index contributed by atoms with van der Waals surface area (Å²) in [5, 5.41) is 6.47. The fraction of sp³-hybridized carbons (Fsp3) is 0.292. The Labute approximate surface area is 208 Å². The Morgan fingerprint density at radius 1 is 1.21 bits per heavy atom. The van der Waals surface area contributed by atoms with Crippen LogP contribution in [0.25, 0.3) is 0 Å². The zero-order valence-electron chi connectivity index (χ0n) is 19.1. The Hall–Kier alpha value is -3.07. The summed E-state index contributed by atoms with van der Waals surface area (Å²) < 4.78 is 11.5. The van der Waals surface area contributed by atoms with E-state index in [9.17, 15) is 4.79 Å². The molecular formula is C24H25Cl2N5O3. The highest BCUT2D eigenvalue weighted by atomic mass is 35.5. The smallest absolute Gasteiger partial charge is 0.262 e. The maximum atomic E-state index is 12.8. The Morgan fingerprint density at radius 2 is 1.97 bits per heavy atom. The van der Waals surface area contributed by atoms with Crippen LogP contribution in [0, 0.1) is 6.92 Å². The van der Waals surface area contributed by atoms with E-state index in [4.69, 9.17) is 32.7 Å². The van der Waals surface area contributed by atoms with Crippen LogP contribution in [0.15, 0.2) is 42.6 Å². The number of aryl methyl sites for hydroxylation is 1. The number of amides is 1. The maximum Gasteiger partial charge on any atom is 0.262 e. The van der Waals surface area contributed by atoms with Crippen molar-refractivity contribution in [3.63, 3.8) is 0 Å². The van der Waals surface area contributed by atoms with Gasteiger partial charge in [0.1, 0.15) is 17.4 Å². The van der Waals surface area contributed by atoms with Crippen LogP contribution in [0.5, 0.6) is 11.6 Å². The van der Waals surface area contributed by atoms with Crippen molar-refractivity contribution in [3.8, 4) is 11.6 Å². The first-order valence-electron chi connectivity index (χ1n) is 10.7. The third kappa shape index (κ3) is 5.52. The maximum absolute atomic E-state index is 12.8. The van der Waals surface area contributed by atoms with Crippen molar-refractivity contribution in [1.82, 2.24) is 14.9 Å². The van der Waals surface area contributed by atoms with Crippen LogP contribution in [0.3, 0.4) is 0 Å². The van der Waals surface area contributed by atoms with Gasteiger partial charge in [0.2, 0.25) is 11.8 Å². The number of hydrogen-bond donors (Lipinski definition) is 2. The van der Waals surface area contributed by atoms with E-state index in [2.05, 4.69) is 32.5 Å². The number of nitrogens with one attached hydrogen (secondary N) is 2. The third-order valence-electron chi connectivity index (χ3n) is 5.47. The van der Waals surface area contributed by atoms with Gasteiger partial charge in [0.15, 0.2) is 0 Å². The average Bonchev–Trinajstić information content (AvgIpc) is 3.22. The van der Waals surface area contributed by atoms with E-state index < -0.39 is 5.91 Å². The number of likely N-dealkylation sites (N-methyl/N-ethyl adjacent to an activating group) is 1. The van der Waals surface area contributed by atoms with Crippen molar-refractivity contribution < 1.29 is 14.3 Å². The molecule has 0 aliphatic carbocycles.